The predicted molar refractivity (Wildman–Crippen MR) is 170 cm³/mol. The average molecular weight is 631 g/mol. The maximum atomic E-state index is 14.6. The normalized spacial score (nSPS) is 27.9. The van der Waals surface area contributed by atoms with Gasteiger partial charge < -0.3 is 14.5 Å². The molecule has 2 fully saturated rings. The second kappa shape index (κ2) is 11.2. The molecule has 0 N–H and O–H groups in total. The average Bonchev–Trinajstić information content (AvgIpc) is 3.59. The number of rotatable bonds is 5. The second-order valence-corrected chi connectivity index (χ2v) is 14.1. The molecule has 0 saturated carbocycles. The van der Waals surface area contributed by atoms with Crippen molar-refractivity contribution in [2.75, 3.05) is 38.2 Å². The van der Waals surface area contributed by atoms with E-state index in [2.05, 4.69) is 56.0 Å². The first-order valence-electron chi connectivity index (χ1n) is 16.4. The van der Waals surface area contributed by atoms with E-state index in [-0.39, 0.29) is 17.6 Å². The summed E-state index contributed by atoms with van der Waals surface area (Å²) in [4.78, 5) is 20.9. The maximum Gasteiger partial charge on any atom is 0.318 e. The summed E-state index contributed by atoms with van der Waals surface area (Å²) in [5, 5.41) is 5.25. The molecule has 0 amide bonds. The van der Waals surface area contributed by atoms with E-state index in [0.717, 1.165) is 93.9 Å². The van der Waals surface area contributed by atoms with Gasteiger partial charge in [0.2, 0.25) is 0 Å². The molecule has 236 valence electrons. The number of benzene rings is 1. The van der Waals surface area contributed by atoms with Gasteiger partial charge >= 0.3 is 6.01 Å². The van der Waals surface area contributed by atoms with Crippen LogP contribution >= 0.6 is 11.6 Å². The van der Waals surface area contributed by atoms with Gasteiger partial charge in [-0.15, -0.1) is 0 Å². The van der Waals surface area contributed by atoms with E-state index in [0.29, 0.717) is 42.8 Å². The van der Waals surface area contributed by atoms with Gasteiger partial charge in [0.05, 0.1) is 34.0 Å². The lowest BCUT2D eigenvalue weighted by atomic mass is 9.71. The molecule has 45 heavy (non-hydrogen) atoms. The lowest BCUT2D eigenvalue weighted by Crippen LogP contribution is -2.51. The summed E-state index contributed by atoms with van der Waals surface area (Å²) in [6.45, 7) is 12.1. The van der Waals surface area contributed by atoms with Crippen molar-refractivity contribution < 1.29 is 9.13 Å². The fourth-order valence-corrected chi connectivity index (χ4v) is 9.20. The van der Waals surface area contributed by atoms with Gasteiger partial charge in [0.25, 0.3) is 6.54 Å². The number of aromatic nitrogens is 4. The highest BCUT2D eigenvalue weighted by molar-refractivity contribution is 6.32. The van der Waals surface area contributed by atoms with Crippen molar-refractivity contribution in [2.45, 2.75) is 94.8 Å². The van der Waals surface area contributed by atoms with Crippen molar-refractivity contribution in [1.82, 2.24) is 29.5 Å². The zero-order valence-electron chi connectivity index (χ0n) is 25.9. The van der Waals surface area contributed by atoms with Crippen LogP contribution in [0.2, 0.25) is 5.02 Å². The quantitative estimate of drug-likeness (QED) is 0.353. The Morgan fingerprint density at radius 3 is 2.89 bits per heavy atom. The van der Waals surface area contributed by atoms with E-state index in [1.165, 1.54) is 11.1 Å². The number of ether oxygens (including phenoxy) is 1. The molecule has 6 heterocycles. The number of anilines is 1. The van der Waals surface area contributed by atoms with Crippen LogP contribution in [0.15, 0.2) is 24.3 Å². The topological polar surface area (TPSA) is 66.9 Å². The molecule has 3 atom stereocenters. The molecule has 1 aromatic carbocycles. The van der Waals surface area contributed by atoms with Gasteiger partial charge in [-0.05, 0) is 63.2 Å². The van der Waals surface area contributed by atoms with Gasteiger partial charge in [-0.25, -0.2) is 11.0 Å². The molecule has 3 aromatic rings. The van der Waals surface area contributed by atoms with E-state index in [1.54, 1.807) is 0 Å². The van der Waals surface area contributed by atoms with Crippen molar-refractivity contribution in [3.8, 4) is 6.01 Å². The van der Waals surface area contributed by atoms with Gasteiger partial charge in [-0.2, -0.15) is 15.1 Å². The van der Waals surface area contributed by atoms with Crippen molar-refractivity contribution in [3.63, 3.8) is 0 Å². The van der Waals surface area contributed by atoms with Crippen molar-refractivity contribution in [1.29, 1.82) is 0 Å². The van der Waals surface area contributed by atoms with E-state index in [9.17, 15) is 4.39 Å². The highest BCUT2D eigenvalue weighted by Gasteiger charge is 2.50. The number of hydrogen-bond acceptors (Lipinski definition) is 7. The zero-order valence-corrected chi connectivity index (χ0v) is 26.7. The smallest absolute Gasteiger partial charge is 0.318 e. The Labute approximate surface area is 269 Å². The van der Waals surface area contributed by atoms with Gasteiger partial charge in [0, 0.05) is 44.6 Å². The molecule has 0 radical (unpaired) electrons. The molecule has 1 aliphatic carbocycles. The number of halogens is 2. The first-order valence-corrected chi connectivity index (χ1v) is 16.8. The summed E-state index contributed by atoms with van der Waals surface area (Å²) in [7, 11) is 2.24. The Morgan fingerprint density at radius 1 is 1.11 bits per heavy atom. The zero-order chi connectivity index (χ0) is 30.8. The highest BCUT2D eigenvalue weighted by atomic mass is 35.5. The molecule has 0 unspecified atom stereocenters. The number of nitrogens with zero attached hydrogens (tertiary/aromatic N) is 8. The third-order valence-corrected chi connectivity index (χ3v) is 11.6. The summed E-state index contributed by atoms with van der Waals surface area (Å²) in [5.74, 6) is 0.883. The van der Waals surface area contributed by atoms with Crippen LogP contribution in [-0.2, 0) is 44.6 Å². The number of fused-ring (bicyclic) bond motifs is 5. The minimum atomic E-state index is -0.810. The van der Waals surface area contributed by atoms with Crippen molar-refractivity contribution >= 4 is 17.4 Å². The minimum Gasteiger partial charge on any atom is -0.461 e. The fraction of sp³-hybridized carbons (Fsp3) is 0.588. The lowest BCUT2D eigenvalue weighted by molar-refractivity contribution is 0.0714. The van der Waals surface area contributed by atoms with E-state index in [4.69, 9.17) is 32.9 Å². The van der Waals surface area contributed by atoms with Crippen LogP contribution in [0.4, 0.5) is 10.2 Å². The summed E-state index contributed by atoms with van der Waals surface area (Å²) < 4.78 is 23.1. The third kappa shape index (κ3) is 4.81. The highest BCUT2D eigenvalue weighted by Crippen LogP contribution is 2.47. The summed E-state index contributed by atoms with van der Waals surface area (Å²) >= 11 is 6.82. The van der Waals surface area contributed by atoms with Crippen LogP contribution in [0.5, 0.6) is 6.01 Å². The van der Waals surface area contributed by atoms with Crippen LogP contribution in [0.3, 0.4) is 0 Å². The third-order valence-electron chi connectivity index (χ3n) is 11.1. The second-order valence-electron chi connectivity index (χ2n) is 13.7. The van der Waals surface area contributed by atoms with Crippen LogP contribution in [0.1, 0.15) is 72.3 Å². The van der Waals surface area contributed by atoms with E-state index < -0.39 is 6.17 Å². The maximum absolute atomic E-state index is 14.6. The Hall–Kier alpha value is -3.26. The fourth-order valence-electron chi connectivity index (χ4n) is 8.95. The van der Waals surface area contributed by atoms with Gasteiger partial charge in [-0.1, -0.05) is 35.9 Å². The Bertz CT molecular complexity index is 1670. The summed E-state index contributed by atoms with van der Waals surface area (Å²) in [6.07, 6.45) is 6.69. The Balaban J connectivity index is 1.19. The molecule has 5 aliphatic rings. The molecule has 2 saturated heterocycles. The van der Waals surface area contributed by atoms with Crippen LogP contribution in [-0.4, -0.2) is 74.5 Å². The number of likely N-dealkylation sites (N-methyl/N-ethyl adjacent to an activating group) is 1. The molecule has 9 nitrogen and oxygen atoms in total. The molecule has 11 heteroatoms. The molecular formula is C34H40ClFN8O. The minimum absolute atomic E-state index is 0.131. The standard InChI is InChI=1S/C34H40ClFN8O/c1-37-18-28-30(35)29-21-42(13-7-15-44(29)40-28)31-25-20-41(2)34(12-5-9-23-8-3-4-10-26(23)34)17-27(25)38-32(39-31)45-22-33-11-6-14-43(33)19-24(36)16-33/h3-4,8,10,24H,5-7,9,11-22H2,2H3/t24-,33+,34+/m1/s1. The first-order chi connectivity index (χ1) is 21.9. The Morgan fingerprint density at radius 2 is 2.00 bits per heavy atom. The molecule has 2 aromatic heterocycles. The molecule has 4 aliphatic heterocycles. The van der Waals surface area contributed by atoms with Crippen molar-refractivity contribution in [2.24, 2.45) is 0 Å². The Kier molecular flexibility index (Phi) is 7.27. The largest absolute Gasteiger partial charge is 0.461 e. The molecular weight excluding hydrogens is 591 g/mol. The lowest BCUT2D eigenvalue weighted by Gasteiger charge is -2.49. The van der Waals surface area contributed by atoms with Gasteiger partial charge in [-0.3, -0.25) is 14.5 Å². The molecule has 0 bridgehead atoms. The van der Waals surface area contributed by atoms with Crippen LogP contribution in [0.25, 0.3) is 4.85 Å². The summed E-state index contributed by atoms with van der Waals surface area (Å²) in [5.41, 5.74) is 6.16. The molecule has 1 spiro atoms. The van der Waals surface area contributed by atoms with Gasteiger partial charge in [0.1, 0.15) is 18.6 Å². The number of alkyl halides is 1. The van der Waals surface area contributed by atoms with Crippen molar-refractivity contribution in [3.05, 3.63) is 74.5 Å². The van der Waals surface area contributed by atoms with Crippen LogP contribution < -0.4 is 9.64 Å². The summed E-state index contributed by atoms with van der Waals surface area (Å²) in [6, 6.07) is 9.27. The van der Waals surface area contributed by atoms with Crippen LogP contribution in [0, 0.1) is 6.57 Å². The number of hydrogen-bond donors (Lipinski definition) is 0. The first kappa shape index (κ1) is 29.2. The monoisotopic (exact) mass is 630 g/mol. The van der Waals surface area contributed by atoms with Gasteiger partial charge in [0.15, 0.2) is 5.69 Å². The van der Waals surface area contributed by atoms with E-state index >= 15 is 0 Å². The predicted octanol–water partition coefficient (Wildman–Crippen LogP) is 5.33. The number of aryl methyl sites for hydroxylation is 2. The SMILES string of the molecule is [C-]#[N+]Cc1nn2c(c1Cl)CN(c1nc(OC[C@@]34CCCN3C[C@H](F)C4)nc3c1CN(C)[C@@]1(CCCc4ccccc41)C3)CCC2. The molecule has 8 rings (SSSR count). The van der Waals surface area contributed by atoms with E-state index in [1.807, 2.05) is 4.68 Å².